The fraction of sp³-hybridized carbons (Fsp3) is 0.500. The molecule has 22 heavy (non-hydrogen) atoms. The summed E-state index contributed by atoms with van der Waals surface area (Å²) >= 11 is 0. The van der Waals surface area contributed by atoms with E-state index in [1.165, 1.54) is 0 Å². The van der Waals surface area contributed by atoms with Gasteiger partial charge in [-0.3, -0.25) is 9.59 Å². The summed E-state index contributed by atoms with van der Waals surface area (Å²) in [5, 5.41) is 6.35. The maximum absolute atomic E-state index is 12.5. The van der Waals surface area contributed by atoms with E-state index in [1.54, 1.807) is 4.90 Å². The molecule has 0 aromatic heterocycles. The Kier molecular flexibility index (Phi) is 4.02. The number of hydrogen-bond acceptors (Lipinski definition) is 4. The molecular weight excluding hydrogens is 282 g/mol. The zero-order valence-electron chi connectivity index (χ0n) is 12.7. The molecule has 2 aliphatic rings. The predicted octanol–water partition coefficient (Wildman–Crippen LogP) is 1.45. The van der Waals surface area contributed by atoms with Crippen LogP contribution in [0, 0.1) is 0 Å². The molecule has 0 atom stereocenters. The number of hydrogen-bond donors (Lipinski definition) is 2. The summed E-state index contributed by atoms with van der Waals surface area (Å²) in [5.41, 5.74) is 1.14. The van der Waals surface area contributed by atoms with Crippen LogP contribution >= 0.6 is 0 Å². The Morgan fingerprint density at radius 3 is 2.64 bits per heavy atom. The van der Waals surface area contributed by atoms with Crippen molar-refractivity contribution in [3.63, 3.8) is 0 Å². The van der Waals surface area contributed by atoms with Crippen molar-refractivity contribution < 1.29 is 14.3 Å². The van der Waals surface area contributed by atoms with Crippen LogP contribution in [0.15, 0.2) is 24.3 Å². The monoisotopic (exact) mass is 303 g/mol. The van der Waals surface area contributed by atoms with Gasteiger partial charge in [-0.1, -0.05) is 12.1 Å². The molecule has 2 N–H and O–H groups in total. The molecule has 0 saturated carbocycles. The second kappa shape index (κ2) is 5.96. The van der Waals surface area contributed by atoms with Crippen molar-refractivity contribution >= 4 is 23.2 Å². The van der Waals surface area contributed by atoms with Gasteiger partial charge in [0.2, 0.25) is 11.8 Å². The van der Waals surface area contributed by atoms with Gasteiger partial charge in [0.15, 0.2) is 0 Å². The van der Waals surface area contributed by atoms with Gasteiger partial charge in [-0.2, -0.15) is 0 Å². The van der Waals surface area contributed by atoms with Crippen molar-refractivity contribution in [1.29, 1.82) is 0 Å². The summed E-state index contributed by atoms with van der Waals surface area (Å²) in [6.07, 6.45) is 1.20. The van der Waals surface area contributed by atoms with Gasteiger partial charge in [-0.15, -0.1) is 0 Å². The fourth-order valence-corrected chi connectivity index (χ4v) is 3.03. The van der Waals surface area contributed by atoms with Crippen molar-refractivity contribution in [2.45, 2.75) is 25.3 Å². The van der Waals surface area contributed by atoms with Crippen LogP contribution in [-0.4, -0.2) is 48.6 Å². The molecule has 118 valence electrons. The molecule has 2 heterocycles. The van der Waals surface area contributed by atoms with E-state index in [0.29, 0.717) is 32.5 Å². The number of ether oxygens (including phenoxy) is 1. The minimum Gasteiger partial charge on any atom is -0.372 e. The molecule has 2 aliphatic heterocycles. The van der Waals surface area contributed by atoms with Crippen molar-refractivity contribution in [1.82, 2.24) is 4.90 Å². The number of carbonyl (C=O) groups is 2. The third kappa shape index (κ3) is 2.66. The topological polar surface area (TPSA) is 70.7 Å². The molecule has 0 aliphatic carbocycles. The molecule has 1 spiro atoms. The summed E-state index contributed by atoms with van der Waals surface area (Å²) in [6.45, 7) is 3.64. The summed E-state index contributed by atoms with van der Waals surface area (Å²) in [7, 11) is 0. The number of rotatable bonds is 3. The number of nitrogens with zero attached hydrogens (tertiary/aromatic N) is 1. The lowest BCUT2D eigenvalue weighted by molar-refractivity contribution is -0.138. The van der Waals surface area contributed by atoms with Crippen LogP contribution in [0.2, 0.25) is 0 Å². The first-order valence-corrected chi connectivity index (χ1v) is 7.69. The van der Waals surface area contributed by atoms with Gasteiger partial charge in [0.25, 0.3) is 0 Å². The summed E-state index contributed by atoms with van der Waals surface area (Å²) < 4.78 is 5.17. The lowest BCUT2D eigenvalue weighted by Gasteiger charge is -2.44. The van der Waals surface area contributed by atoms with Gasteiger partial charge in [0, 0.05) is 19.7 Å². The summed E-state index contributed by atoms with van der Waals surface area (Å²) in [4.78, 5) is 26.2. The van der Waals surface area contributed by atoms with E-state index in [4.69, 9.17) is 4.74 Å². The first-order chi connectivity index (χ1) is 10.6. The van der Waals surface area contributed by atoms with E-state index >= 15 is 0 Å². The van der Waals surface area contributed by atoms with Crippen molar-refractivity contribution in [2.24, 2.45) is 0 Å². The van der Waals surface area contributed by atoms with Crippen molar-refractivity contribution in [3.8, 4) is 0 Å². The number of carbonyl (C=O) groups excluding carboxylic acids is 2. The van der Waals surface area contributed by atoms with Gasteiger partial charge in [0.05, 0.1) is 11.4 Å². The smallest absolute Gasteiger partial charge is 0.250 e. The van der Waals surface area contributed by atoms with E-state index in [0.717, 1.165) is 11.4 Å². The molecule has 1 saturated heterocycles. The Labute approximate surface area is 129 Å². The number of amides is 2. The number of benzene rings is 1. The fourth-order valence-electron chi connectivity index (χ4n) is 3.03. The third-order valence-electron chi connectivity index (χ3n) is 4.38. The number of likely N-dealkylation sites (tertiary alicyclic amines) is 1. The second-order valence-corrected chi connectivity index (χ2v) is 5.72. The third-order valence-corrected chi connectivity index (χ3v) is 4.38. The van der Waals surface area contributed by atoms with Gasteiger partial charge in [0.1, 0.15) is 12.1 Å². The molecule has 2 amide bonds. The minimum absolute atomic E-state index is 0.00619. The Bertz CT molecular complexity index is 580. The maximum Gasteiger partial charge on any atom is 0.250 e. The summed E-state index contributed by atoms with van der Waals surface area (Å²) in [6, 6.07) is 7.68. The van der Waals surface area contributed by atoms with Crippen LogP contribution in [-0.2, 0) is 14.3 Å². The highest BCUT2D eigenvalue weighted by Crippen LogP contribution is 2.36. The zero-order valence-corrected chi connectivity index (χ0v) is 12.7. The largest absolute Gasteiger partial charge is 0.372 e. The van der Waals surface area contributed by atoms with Crippen molar-refractivity contribution in [2.75, 3.05) is 36.9 Å². The highest BCUT2D eigenvalue weighted by atomic mass is 16.5. The molecule has 0 radical (unpaired) electrons. The van der Waals surface area contributed by atoms with E-state index in [-0.39, 0.29) is 18.4 Å². The molecule has 0 bridgehead atoms. The van der Waals surface area contributed by atoms with Gasteiger partial charge >= 0.3 is 0 Å². The normalized spacial score (nSPS) is 19.3. The Morgan fingerprint density at radius 1 is 1.27 bits per heavy atom. The number of nitrogens with one attached hydrogen (secondary N) is 2. The maximum atomic E-state index is 12.5. The van der Waals surface area contributed by atoms with Crippen LogP contribution in [0.3, 0.4) is 0 Å². The first kappa shape index (κ1) is 14.8. The lowest BCUT2D eigenvalue weighted by atomic mass is 9.84. The summed E-state index contributed by atoms with van der Waals surface area (Å²) in [5.74, 6) is -0.0172. The predicted molar refractivity (Wildman–Crippen MR) is 83.7 cm³/mol. The molecule has 6 heteroatoms. The SMILES string of the molecule is CCOCC(=O)N1CCC2(CC1)Nc1ccccc1NC2=O. The van der Waals surface area contributed by atoms with Crippen LogP contribution in [0.25, 0.3) is 0 Å². The van der Waals surface area contributed by atoms with Crippen LogP contribution in [0.5, 0.6) is 0 Å². The van der Waals surface area contributed by atoms with E-state index in [1.807, 2.05) is 31.2 Å². The number of para-hydroxylation sites is 2. The Hall–Kier alpha value is -2.08. The van der Waals surface area contributed by atoms with Gasteiger partial charge in [-0.25, -0.2) is 0 Å². The van der Waals surface area contributed by atoms with Crippen LogP contribution < -0.4 is 10.6 Å². The number of fused-ring (bicyclic) bond motifs is 1. The zero-order chi connectivity index (χ0) is 15.6. The highest BCUT2D eigenvalue weighted by Gasteiger charge is 2.44. The minimum atomic E-state index is -0.614. The standard InChI is InChI=1S/C16H21N3O3/c1-2-22-11-14(20)19-9-7-16(8-10-19)15(21)17-12-5-3-4-6-13(12)18-16/h3-6,18H,2,7-11H2,1H3,(H,17,21). The van der Waals surface area contributed by atoms with E-state index in [9.17, 15) is 9.59 Å². The van der Waals surface area contributed by atoms with Gasteiger partial charge < -0.3 is 20.3 Å². The Morgan fingerprint density at radius 2 is 1.95 bits per heavy atom. The van der Waals surface area contributed by atoms with Crippen LogP contribution in [0.4, 0.5) is 11.4 Å². The molecular formula is C16H21N3O3. The molecule has 6 nitrogen and oxygen atoms in total. The quantitative estimate of drug-likeness (QED) is 0.886. The highest BCUT2D eigenvalue weighted by molar-refractivity contribution is 6.06. The molecule has 1 aromatic carbocycles. The van der Waals surface area contributed by atoms with E-state index in [2.05, 4.69) is 10.6 Å². The lowest BCUT2D eigenvalue weighted by Crippen LogP contribution is -2.59. The molecule has 1 fully saturated rings. The average molecular weight is 303 g/mol. The molecule has 0 unspecified atom stereocenters. The van der Waals surface area contributed by atoms with Crippen LogP contribution in [0.1, 0.15) is 19.8 Å². The Balaban J connectivity index is 1.67. The number of piperidine rings is 1. The van der Waals surface area contributed by atoms with Gasteiger partial charge in [-0.05, 0) is 31.9 Å². The molecule has 3 rings (SSSR count). The first-order valence-electron chi connectivity index (χ1n) is 7.69. The average Bonchev–Trinajstić information content (AvgIpc) is 2.54. The second-order valence-electron chi connectivity index (χ2n) is 5.72. The number of anilines is 2. The van der Waals surface area contributed by atoms with E-state index < -0.39 is 5.54 Å². The molecule has 1 aromatic rings. The van der Waals surface area contributed by atoms with Crippen molar-refractivity contribution in [3.05, 3.63) is 24.3 Å².